The zero-order valence-corrected chi connectivity index (χ0v) is 8.29. The maximum Gasteiger partial charge on any atom is 0.232 e. The zero-order valence-electron chi connectivity index (χ0n) is 8.29. The molecule has 1 heterocycles. The highest BCUT2D eigenvalue weighted by atomic mass is 19.1. The highest BCUT2D eigenvalue weighted by Crippen LogP contribution is 2.45. The number of anilines is 1. The lowest BCUT2D eigenvalue weighted by atomic mass is 9.73. The van der Waals surface area contributed by atoms with Gasteiger partial charge in [0.2, 0.25) is 5.91 Å². The Labute approximate surface area is 87.5 Å². The first-order chi connectivity index (χ1) is 7.27. The van der Waals surface area contributed by atoms with Crippen LogP contribution in [0.5, 0.6) is 0 Å². The number of nitrogens with one attached hydrogen (secondary N) is 1. The molecule has 1 aliphatic heterocycles. The molecule has 3 rings (SSSR count). The van der Waals surface area contributed by atoms with Crippen LogP contribution in [0.4, 0.5) is 10.1 Å². The fraction of sp³-hybridized carbons (Fsp3) is 0.417. The highest BCUT2D eigenvalue weighted by Gasteiger charge is 2.40. The fourth-order valence-electron chi connectivity index (χ4n) is 2.52. The van der Waals surface area contributed by atoms with Gasteiger partial charge in [0.25, 0.3) is 0 Å². The number of benzene rings is 1. The monoisotopic (exact) mass is 205 g/mol. The predicted molar refractivity (Wildman–Crippen MR) is 55.1 cm³/mol. The van der Waals surface area contributed by atoms with Gasteiger partial charge in [0.15, 0.2) is 0 Å². The molecule has 3 heteroatoms. The van der Waals surface area contributed by atoms with Gasteiger partial charge in [0.1, 0.15) is 5.82 Å². The summed E-state index contributed by atoms with van der Waals surface area (Å²) in [7, 11) is 0. The van der Waals surface area contributed by atoms with Crippen molar-refractivity contribution in [3.05, 3.63) is 29.6 Å². The summed E-state index contributed by atoms with van der Waals surface area (Å²) in [4.78, 5) is 11.7. The Bertz CT molecular complexity index is 426. The standard InChI is InChI=1S/C12H12FNO/c13-9-6-2-5-8-10(7-3-1-4-7)12(15)14-11(8)9/h2,5-7,10H,1,3-4H2,(H,14,15). The molecular weight excluding hydrogens is 193 g/mol. The van der Waals surface area contributed by atoms with Crippen molar-refractivity contribution in [1.29, 1.82) is 0 Å². The van der Waals surface area contributed by atoms with Gasteiger partial charge in [-0.2, -0.15) is 0 Å². The molecule has 0 aromatic heterocycles. The number of rotatable bonds is 1. The molecule has 0 bridgehead atoms. The molecule has 2 nitrogen and oxygen atoms in total. The SMILES string of the molecule is O=C1Nc2c(F)cccc2C1C1CCC1. The van der Waals surface area contributed by atoms with Crippen LogP contribution in [0.15, 0.2) is 18.2 Å². The molecule has 2 aliphatic rings. The van der Waals surface area contributed by atoms with Crippen LogP contribution in [0, 0.1) is 11.7 Å². The molecule has 0 saturated heterocycles. The Morgan fingerprint density at radius 3 is 2.80 bits per heavy atom. The van der Waals surface area contributed by atoms with Gasteiger partial charge >= 0.3 is 0 Å². The molecule has 1 aromatic carbocycles. The number of amides is 1. The molecule has 1 unspecified atom stereocenters. The summed E-state index contributed by atoms with van der Waals surface area (Å²) in [5, 5.41) is 2.65. The minimum Gasteiger partial charge on any atom is -0.323 e. The third-order valence-corrected chi connectivity index (χ3v) is 3.53. The molecule has 1 aromatic rings. The van der Waals surface area contributed by atoms with Gasteiger partial charge in [-0.05, 0) is 30.4 Å². The molecule has 1 N–H and O–H groups in total. The van der Waals surface area contributed by atoms with Crippen LogP contribution in [0.2, 0.25) is 0 Å². The lowest BCUT2D eigenvalue weighted by molar-refractivity contribution is -0.118. The summed E-state index contributed by atoms with van der Waals surface area (Å²) in [6, 6.07) is 4.93. The quantitative estimate of drug-likeness (QED) is 0.750. The third-order valence-electron chi connectivity index (χ3n) is 3.53. The van der Waals surface area contributed by atoms with Crippen molar-refractivity contribution in [2.45, 2.75) is 25.2 Å². The molecule has 0 spiro atoms. The summed E-state index contributed by atoms with van der Waals surface area (Å²) in [5.41, 5.74) is 1.25. The molecular formula is C12H12FNO. The first-order valence-electron chi connectivity index (χ1n) is 5.36. The van der Waals surface area contributed by atoms with Crippen molar-refractivity contribution in [3.8, 4) is 0 Å². The highest BCUT2D eigenvalue weighted by molar-refractivity contribution is 6.03. The smallest absolute Gasteiger partial charge is 0.232 e. The van der Waals surface area contributed by atoms with Gasteiger partial charge in [-0.1, -0.05) is 18.6 Å². The second kappa shape index (κ2) is 3.05. The van der Waals surface area contributed by atoms with Crippen LogP contribution in [0.3, 0.4) is 0 Å². The van der Waals surface area contributed by atoms with Crippen LogP contribution in [0.25, 0.3) is 0 Å². The average molecular weight is 205 g/mol. The first-order valence-corrected chi connectivity index (χ1v) is 5.36. The lowest BCUT2D eigenvalue weighted by Crippen LogP contribution is -2.25. The molecule has 1 atom stereocenters. The van der Waals surface area contributed by atoms with E-state index in [1.54, 1.807) is 6.07 Å². The molecule has 78 valence electrons. The van der Waals surface area contributed by atoms with Crippen molar-refractivity contribution >= 4 is 11.6 Å². The Hall–Kier alpha value is -1.38. The van der Waals surface area contributed by atoms with E-state index in [9.17, 15) is 9.18 Å². The lowest BCUT2D eigenvalue weighted by Gasteiger charge is -2.29. The fourth-order valence-corrected chi connectivity index (χ4v) is 2.52. The van der Waals surface area contributed by atoms with E-state index in [0.29, 0.717) is 11.6 Å². The van der Waals surface area contributed by atoms with Crippen molar-refractivity contribution in [2.24, 2.45) is 5.92 Å². The molecule has 15 heavy (non-hydrogen) atoms. The van der Waals surface area contributed by atoms with Crippen molar-refractivity contribution in [1.82, 2.24) is 0 Å². The summed E-state index contributed by atoms with van der Waals surface area (Å²) >= 11 is 0. The van der Waals surface area contributed by atoms with E-state index in [4.69, 9.17) is 0 Å². The van der Waals surface area contributed by atoms with E-state index >= 15 is 0 Å². The van der Waals surface area contributed by atoms with Crippen molar-refractivity contribution < 1.29 is 9.18 Å². The van der Waals surface area contributed by atoms with Gasteiger partial charge in [-0.15, -0.1) is 0 Å². The zero-order chi connectivity index (χ0) is 10.4. The largest absolute Gasteiger partial charge is 0.323 e. The second-order valence-corrected chi connectivity index (χ2v) is 4.36. The Kier molecular flexibility index (Phi) is 1.81. The van der Waals surface area contributed by atoms with Crippen LogP contribution in [-0.2, 0) is 4.79 Å². The summed E-state index contributed by atoms with van der Waals surface area (Å²) in [6.45, 7) is 0. The summed E-state index contributed by atoms with van der Waals surface area (Å²) in [6.07, 6.45) is 3.38. The van der Waals surface area contributed by atoms with E-state index in [-0.39, 0.29) is 17.6 Å². The molecule has 1 amide bonds. The van der Waals surface area contributed by atoms with Gasteiger partial charge in [0, 0.05) is 0 Å². The van der Waals surface area contributed by atoms with Crippen molar-refractivity contribution in [2.75, 3.05) is 5.32 Å². The first kappa shape index (κ1) is 8.89. The molecule has 0 radical (unpaired) electrons. The van der Waals surface area contributed by atoms with Crippen LogP contribution < -0.4 is 5.32 Å². The van der Waals surface area contributed by atoms with Crippen molar-refractivity contribution in [3.63, 3.8) is 0 Å². The maximum atomic E-state index is 13.4. The summed E-state index contributed by atoms with van der Waals surface area (Å²) in [5.74, 6) is -0.0278. The number of hydrogen-bond acceptors (Lipinski definition) is 1. The van der Waals surface area contributed by atoms with E-state index < -0.39 is 0 Å². The number of para-hydroxylation sites is 1. The minimum atomic E-state index is -0.317. The number of fused-ring (bicyclic) bond motifs is 1. The number of hydrogen-bond donors (Lipinski definition) is 1. The van der Waals surface area contributed by atoms with Crippen LogP contribution in [0.1, 0.15) is 30.7 Å². The number of carbonyl (C=O) groups is 1. The number of halogens is 1. The van der Waals surface area contributed by atoms with Gasteiger partial charge in [0.05, 0.1) is 11.6 Å². The van der Waals surface area contributed by atoms with Crippen LogP contribution >= 0.6 is 0 Å². The normalized spacial score (nSPS) is 24.6. The topological polar surface area (TPSA) is 29.1 Å². The van der Waals surface area contributed by atoms with E-state index in [1.807, 2.05) is 6.07 Å². The van der Waals surface area contributed by atoms with Crippen LogP contribution in [-0.4, -0.2) is 5.91 Å². The Morgan fingerprint density at radius 1 is 1.33 bits per heavy atom. The Morgan fingerprint density at radius 2 is 2.13 bits per heavy atom. The molecule has 1 fully saturated rings. The summed E-state index contributed by atoms with van der Waals surface area (Å²) < 4.78 is 13.4. The van der Waals surface area contributed by atoms with Gasteiger partial charge in [-0.25, -0.2) is 4.39 Å². The molecule has 1 aliphatic carbocycles. The van der Waals surface area contributed by atoms with E-state index in [2.05, 4.69) is 5.32 Å². The second-order valence-electron chi connectivity index (χ2n) is 4.36. The maximum absolute atomic E-state index is 13.4. The van der Waals surface area contributed by atoms with Gasteiger partial charge in [-0.3, -0.25) is 4.79 Å². The van der Waals surface area contributed by atoms with Gasteiger partial charge < -0.3 is 5.32 Å². The van der Waals surface area contributed by atoms with E-state index in [1.165, 1.54) is 12.5 Å². The van der Waals surface area contributed by atoms with E-state index in [0.717, 1.165) is 18.4 Å². The average Bonchev–Trinajstić information content (AvgIpc) is 2.44. The Balaban J connectivity index is 2.05. The number of carbonyl (C=O) groups excluding carboxylic acids is 1. The third kappa shape index (κ3) is 1.19. The molecule has 1 saturated carbocycles. The predicted octanol–water partition coefficient (Wildman–Crippen LogP) is 2.66. The minimum absolute atomic E-state index is 0.0280.